The van der Waals surface area contributed by atoms with E-state index in [1.54, 1.807) is 35.2 Å². The van der Waals surface area contributed by atoms with Crippen LogP contribution in [0.3, 0.4) is 0 Å². The number of carbonyl (C=O) groups excluding carboxylic acids is 2. The van der Waals surface area contributed by atoms with Gasteiger partial charge in [-0.1, -0.05) is 19.3 Å². The van der Waals surface area contributed by atoms with Gasteiger partial charge in [-0.3, -0.25) is 9.59 Å². The Labute approximate surface area is 180 Å². The Kier molecular flexibility index (Phi) is 4.96. The summed E-state index contributed by atoms with van der Waals surface area (Å²) in [6, 6.07) is 7.80. The van der Waals surface area contributed by atoms with E-state index in [4.69, 9.17) is 13.9 Å². The van der Waals surface area contributed by atoms with E-state index < -0.39 is 17.7 Å². The molecular weight excluding hydrogens is 398 g/mol. The number of nitrogens with zero attached hydrogens (tertiary/aromatic N) is 1. The molecule has 1 aliphatic carbocycles. The standard InChI is InChI=1S/C24H25NO6/c1-14-7-9-18(31-14)21-20(23(27)24(28)25(21)16-5-3-2-4-6-16)22(26)15-8-10-17-19(13-15)30-12-11-29-17/h7-10,13,16,21,26H,2-6,11-12H2,1H3/b22-20-. The smallest absolute Gasteiger partial charge is 0.296 e. The van der Waals surface area contributed by atoms with E-state index in [2.05, 4.69) is 0 Å². The van der Waals surface area contributed by atoms with Crippen LogP contribution in [0.1, 0.15) is 55.2 Å². The van der Waals surface area contributed by atoms with Crippen molar-refractivity contribution in [2.45, 2.75) is 51.1 Å². The van der Waals surface area contributed by atoms with Crippen LogP contribution in [0.15, 0.2) is 40.3 Å². The number of aliphatic hydroxyl groups is 1. The zero-order valence-electron chi connectivity index (χ0n) is 17.4. The van der Waals surface area contributed by atoms with Gasteiger partial charge in [-0.25, -0.2) is 0 Å². The number of Topliss-reactive ketones (excluding diaryl/α,β-unsaturated/α-hetero) is 1. The summed E-state index contributed by atoms with van der Waals surface area (Å²) in [5.41, 5.74) is 0.459. The number of carbonyl (C=O) groups is 2. The van der Waals surface area contributed by atoms with Gasteiger partial charge in [0.2, 0.25) is 0 Å². The Balaban J connectivity index is 1.62. The van der Waals surface area contributed by atoms with Crippen LogP contribution in [0, 0.1) is 6.92 Å². The fourth-order valence-corrected chi connectivity index (χ4v) is 4.81. The Bertz CT molecular complexity index is 1060. The molecule has 2 aliphatic heterocycles. The van der Waals surface area contributed by atoms with Crippen LogP contribution in [-0.2, 0) is 9.59 Å². The van der Waals surface area contributed by atoms with E-state index >= 15 is 0 Å². The maximum atomic E-state index is 13.1. The number of ketones is 1. The molecule has 0 bridgehead atoms. The number of fused-ring (bicyclic) bond motifs is 1. The number of furan rings is 1. The highest BCUT2D eigenvalue weighted by Gasteiger charge is 2.50. The molecule has 1 unspecified atom stereocenters. The Morgan fingerprint density at radius 3 is 2.45 bits per heavy atom. The summed E-state index contributed by atoms with van der Waals surface area (Å²) in [5, 5.41) is 11.2. The minimum atomic E-state index is -0.745. The third-order valence-corrected chi connectivity index (χ3v) is 6.29. The van der Waals surface area contributed by atoms with Crippen molar-refractivity contribution in [1.82, 2.24) is 4.90 Å². The molecule has 1 aromatic heterocycles. The number of benzene rings is 1. The molecule has 1 saturated heterocycles. The third kappa shape index (κ3) is 3.38. The van der Waals surface area contributed by atoms with Crippen LogP contribution in [0.4, 0.5) is 0 Å². The molecule has 0 radical (unpaired) electrons. The number of amides is 1. The van der Waals surface area contributed by atoms with Crippen molar-refractivity contribution in [1.29, 1.82) is 0 Å². The number of hydrogen-bond acceptors (Lipinski definition) is 6. The summed E-state index contributed by atoms with van der Waals surface area (Å²) in [6.45, 7) is 2.69. The van der Waals surface area contributed by atoms with Crippen LogP contribution in [0.25, 0.3) is 5.76 Å². The van der Waals surface area contributed by atoms with Gasteiger partial charge in [-0.15, -0.1) is 0 Å². The highest BCUT2D eigenvalue weighted by Crippen LogP contribution is 2.44. The number of ether oxygens (including phenoxy) is 2. The number of likely N-dealkylation sites (tertiary alicyclic amines) is 1. The number of aryl methyl sites for hydroxylation is 1. The van der Waals surface area contributed by atoms with Crippen molar-refractivity contribution >= 4 is 17.4 Å². The van der Waals surface area contributed by atoms with Gasteiger partial charge in [0.05, 0.1) is 5.57 Å². The summed E-state index contributed by atoms with van der Waals surface area (Å²) in [5.74, 6) is 0.769. The van der Waals surface area contributed by atoms with Gasteiger partial charge >= 0.3 is 0 Å². The maximum absolute atomic E-state index is 13.1. The number of aliphatic hydroxyl groups excluding tert-OH is 1. The largest absolute Gasteiger partial charge is 0.507 e. The van der Waals surface area contributed by atoms with E-state index in [9.17, 15) is 14.7 Å². The van der Waals surface area contributed by atoms with E-state index in [1.165, 1.54) is 0 Å². The maximum Gasteiger partial charge on any atom is 0.296 e. The van der Waals surface area contributed by atoms with Gasteiger partial charge in [0.1, 0.15) is 36.5 Å². The molecule has 3 aliphatic rings. The Morgan fingerprint density at radius 2 is 1.74 bits per heavy atom. The Morgan fingerprint density at radius 1 is 1.00 bits per heavy atom. The Hall–Kier alpha value is -3.22. The van der Waals surface area contributed by atoms with Crippen LogP contribution in [-0.4, -0.2) is 41.0 Å². The zero-order chi connectivity index (χ0) is 21.5. The summed E-state index contributed by atoms with van der Waals surface area (Å²) in [4.78, 5) is 27.9. The van der Waals surface area contributed by atoms with Gasteiger partial charge in [0.25, 0.3) is 11.7 Å². The van der Waals surface area contributed by atoms with Gasteiger partial charge < -0.3 is 23.9 Å². The summed E-state index contributed by atoms with van der Waals surface area (Å²) in [7, 11) is 0. The monoisotopic (exact) mass is 423 g/mol. The quantitative estimate of drug-likeness (QED) is 0.454. The SMILES string of the molecule is Cc1ccc(C2/C(=C(/O)c3ccc4c(c3)OCCO4)C(=O)C(=O)N2C2CCCCC2)o1. The first kappa shape index (κ1) is 19.7. The van der Waals surface area contributed by atoms with Crippen molar-refractivity contribution in [3.63, 3.8) is 0 Å². The molecule has 31 heavy (non-hydrogen) atoms. The second-order valence-electron chi connectivity index (χ2n) is 8.31. The zero-order valence-corrected chi connectivity index (χ0v) is 17.4. The molecule has 7 nitrogen and oxygen atoms in total. The number of rotatable bonds is 3. The highest BCUT2D eigenvalue weighted by molar-refractivity contribution is 6.46. The van der Waals surface area contributed by atoms with Crippen LogP contribution < -0.4 is 9.47 Å². The van der Waals surface area contributed by atoms with Crippen molar-refractivity contribution in [2.75, 3.05) is 13.2 Å². The molecule has 1 N–H and O–H groups in total. The first-order chi connectivity index (χ1) is 15.0. The van der Waals surface area contributed by atoms with E-state index in [-0.39, 0.29) is 17.4 Å². The van der Waals surface area contributed by atoms with Gasteiger partial charge in [0, 0.05) is 11.6 Å². The summed E-state index contributed by atoms with van der Waals surface area (Å²) >= 11 is 0. The number of hydrogen-bond donors (Lipinski definition) is 1. The molecule has 5 rings (SSSR count). The van der Waals surface area contributed by atoms with Gasteiger partial charge in [-0.05, 0) is 50.1 Å². The summed E-state index contributed by atoms with van der Waals surface area (Å²) in [6.07, 6.45) is 4.84. The third-order valence-electron chi connectivity index (χ3n) is 6.29. The fraction of sp³-hybridized carbons (Fsp3) is 0.417. The van der Waals surface area contributed by atoms with Crippen molar-refractivity contribution < 1.29 is 28.6 Å². The molecule has 1 atom stereocenters. The molecular formula is C24H25NO6. The second kappa shape index (κ2) is 7.80. The van der Waals surface area contributed by atoms with Crippen LogP contribution in [0.2, 0.25) is 0 Å². The predicted octanol–water partition coefficient (Wildman–Crippen LogP) is 4.11. The molecule has 2 aromatic rings. The minimum absolute atomic E-state index is 0.0498. The first-order valence-electron chi connectivity index (χ1n) is 10.8. The molecule has 1 saturated carbocycles. The topological polar surface area (TPSA) is 89.2 Å². The summed E-state index contributed by atoms with van der Waals surface area (Å²) < 4.78 is 17.0. The van der Waals surface area contributed by atoms with Gasteiger partial charge in [-0.2, -0.15) is 0 Å². The van der Waals surface area contributed by atoms with Crippen molar-refractivity contribution in [2.24, 2.45) is 0 Å². The fourth-order valence-electron chi connectivity index (χ4n) is 4.81. The second-order valence-corrected chi connectivity index (χ2v) is 8.31. The lowest BCUT2D eigenvalue weighted by Gasteiger charge is -2.34. The molecule has 2 fully saturated rings. The lowest BCUT2D eigenvalue weighted by Crippen LogP contribution is -2.40. The molecule has 1 aromatic carbocycles. The van der Waals surface area contributed by atoms with E-state index in [0.717, 1.165) is 32.1 Å². The predicted molar refractivity (Wildman–Crippen MR) is 112 cm³/mol. The minimum Gasteiger partial charge on any atom is -0.507 e. The first-order valence-corrected chi connectivity index (χ1v) is 10.8. The lowest BCUT2D eigenvalue weighted by atomic mass is 9.92. The molecule has 1 amide bonds. The van der Waals surface area contributed by atoms with Crippen molar-refractivity contribution in [3.05, 3.63) is 53.0 Å². The average Bonchev–Trinajstić information content (AvgIpc) is 3.34. The lowest BCUT2D eigenvalue weighted by molar-refractivity contribution is -0.142. The normalized spacial score (nSPS) is 23.4. The average molecular weight is 423 g/mol. The highest BCUT2D eigenvalue weighted by atomic mass is 16.6. The van der Waals surface area contributed by atoms with E-state index in [0.29, 0.717) is 41.8 Å². The molecule has 0 spiro atoms. The van der Waals surface area contributed by atoms with Gasteiger partial charge in [0.15, 0.2) is 11.5 Å². The molecule has 162 valence electrons. The van der Waals surface area contributed by atoms with Crippen LogP contribution >= 0.6 is 0 Å². The van der Waals surface area contributed by atoms with Crippen LogP contribution in [0.5, 0.6) is 11.5 Å². The molecule has 3 heterocycles. The van der Waals surface area contributed by atoms with E-state index in [1.807, 2.05) is 6.92 Å². The van der Waals surface area contributed by atoms with Crippen molar-refractivity contribution in [3.8, 4) is 11.5 Å². The molecule has 7 heteroatoms.